The third-order valence-electron chi connectivity index (χ3n) is 4.06. The fourth-order valence-electron chi connectivity index (χ4n) is 2.66. The second-order valence-corrected chi connectivity index (χ2v) is 5.68. The predicted molar refractivity (Wildman–Crippen MR) is 68.0 cm³/mol. The molecule has 0 atom stereocenters. The van der Waals surface area contributed by atoms with E-state index in [9.17, 15) is 0 Å². The summed E-state index contributed by atoms with van der Waals surface area (Å²) in [6.07, 6.45) is 6.64. The van der Waals surface area contributed by atoms with Gasteiger partial charge in [0.2, 0.25) is 0 Å². The summed E-state index contributed by atoms with van der Waals surface area (Å²) >= 11 is 6.32. The van der Waals surface area contributed by atoms with Gasteiger partial charge in [-0.15, -0.1) is 0 Å². The molecule has 1 N–H and O–H groups in total. The lowest BCUT2D eigenvalue weighted by Crippen LogP contribution is -2.44. The molecule has 2 heteroatoms. The molecule has 2 aliphatic carbocycles. The summed E-state index contributed by atoms with van der Waals surface area (Å²) in [5.41, 5.74) is 1.69. The molecule has 86 valence electrons. The fraction of sp³-hybridized carbons (Fsp3) is 0.571. The quantitative estimate of drug-likeness (QED) is 0.842. The maximum Gasteiger partial charge on any atom is 0.0444 e. The molecule has 0 bridgehead atoms. The van der Waals surface area contributed by atoms with Gasteiger partial charge in [0.25, 0.3) is 0 Å². The van der Waals surface area contributed by atoms with Crippen molar-refractivity contribution in [3.8, 4) is 0 Å². The lowest BCUT2D eigenvalue weighted by molar-refractivity contribution is 0.233. The molecule has 0 heterocycles. The molecule has 0 spiro atoms. The molecule has 0 aromatic heterocycles. The summed E-state index contributed by atoms with van der Waals surface area (Å²) < 4.78 is 0. The number of hydrogen-bond donors (Lipinski definition) is 1. The Morgan fingerprint density at radius 3 is 2.56 bits per heavy atom. The lowest BCUT2D eigenvalue weighted by Gasteiger charge is -2.43. The normalized spacial score (nSPS) is 22.8. The van der Waals surface area contributed by atoms with Gasteiger partial charge in [0.1, 0.15) is 0 Å². The molecular weight excluding hydrogens is 218 g/mol. The first-order valence-electron chi connectivity index (χ1n) is 6.29. The first kappa shape index (κ1) is 10.6. The van der Waals surface area contributed by atoms with Crippen molar-refractivity contribution in [3.05, 3.63) is 34.9 Å². The fourth-order valence-corrected chi connectivity index (χ4v) is 3.00. The Kier molecular flexibility index (Phi) is 2.68. The molecule has 0 saturated heterocycles. The summed E-state index contributed by atoms with van der Waals surface area (Å²) in [5, 5.41) is 4.61. The molecule has 0 amide bonds. The molecule has 3 rings (SSSR count). The zero-order valence-electron chi connectivity index (χ0n) is 9.51. The van der Waals surface area contributed by atoms with E-state index < -0.39 is 0 Å². The highest BCUT2D eigenvalue weighted by atomic mass is 35.5. The van der Waals surface area contributed by atoms with Crippen LogP contribution in [-0.4, -0.2) is 12.6 Å². The number of halogens is 1. The smallest absolute Gasteiger partial charge is 0.0444 e. The Hall–Kier alpha value is -0.530. The average molecular weight is 236 g/mol. The highest BCUT2D eigenvalue weighted by Crippen LogP contribution is 2.46. The van der Waals surface area contributed by atoms with Crippen LogP contribution in [0.25, 0.3) is 0 Å². The third-order valence-corrected chi connectivity index (χ3v) is 4.39. The van der Waals surface area contributed by atoms with E-state index >= 15 is 0 Å². The van der Waals surface area contributed by atoms with Gasteiger partial charge in [-0.3, -0.25) is 0 Å². The Balaban J connectivity index is 1.80. The van der Waals surface area contributed by atoms with Gasteiger partial charge in [-0.2, -0.15) is 0 Å². The van der Waals surface area contributed by atoms with E-state index in [1.54, 1.807) is 0 Å². The van der Waals surface area contributed by atoms with Crippen molar-refractivity contribution in [2.45, 2.75) is 43.6 Å². The Morgan fingerprint density at radius 1 is 1.25 bits per heavy atom. The van der Waals surface area contributed by atoms with Crippen molar-refractivity contribution in [3.63, 3.8) is 0 Å². The van der Waals surface area contributed by atoms with Crippen molar-refractivity contribution in [2.75, 3.05) is 6.54 Å². The lowest BCUT2D eigenvalue weighted by atomic mass is 9.64. The number of nitrogens with one attached hydrogen (secondary N) is 1. The van der Waals surface area contributed by atoms with E-state index in [-0.39, 0.29) is 0 Å². The van der Waals surface area contributed by atoms with E-state index in [2.05, 4.69) is 17.4 Å². The van der Waals surface area contributed by atoms with Crippen LogP contribution in [0.15, 0.2) is 24.3 Å². The SMILES string of the molecule is Clc1ccccc1C1(CNC2CC2)CCC1. The Labute approximate surface area is 102 Å². The topological polar surface area (TPSA) is 12.0 Å². The van der Waals surface area contributed by atoms with Crippen LogP contribution in [0.1, 0.15) is 37.7 Å². The molecule has 1 aromatic rings. The minimum Gasteiger partial charge on any atom is -0.313 e. The molecule has 0 aliphatic heterocycles. The van der Waals surface area contributed by atoms with E-state index in [1.807, 2.05) is 12.1 Å². The van der Waals surface area contributed by atoms with E-state index in [4.69, 9.17) is 11.6 Å². The van der Waals surface area contributed by atoms with Crippen LogP contribution in [-0.2, 0) is 5.41 Å². The molecule has 0 radical (unpaired) electrons. The largest absolute Gasteiger partial charge is 0.313 e. The van der Waals surface area contributed by atoms with Crippen molar-refractivity contribution in [2.24, 2.45) is 0 Å². The summed E-state index contributed by atoms with van der Waals surface area (Å²) in [4.78, 5) is 0. The highest BCUT2D eigenvalue weighted by Gasteiger charge is 2.40. The minimum atomic E-state index is 0.334. The summed E-state index contributed by atoms with van der Waals surface area (Å²) in [5.74, 6) is 0. The highest BCUT2D eigenvalue weighted by molar-refractivity contribution is 6.31. The number of benzene rings is 1. The van der Waals surface area contributed by atoms with Crippen LogP contribution in [0.4, 0.5) is 0 Å². The minimum absolute atomic E-state index is 0.334. The van der Waals surface area contributed by atoms with E-state index in [0.717, 1.165) is 17.6 Å². The molecule has 1 aromatic carbocycles. The molecule has 0 unspecified atom stereocenters. The van der Waals surface area contributed by atoms with Crippen LogP contribution in [0, 0.1) is 0 Å². The molecule has 2 aliphatic rings. The van der Waals surface area contributed by atoms with Crippen molar-refractivity contribution in [1.29, 1.82) is 0 Å². The summed E-state index contributed by atoms with van der Waals surface area (Å²) in [7, 11) is 0. The van der Waals surface area contributed by atoms with Gasteiger partial charge < -0.3 is 5.32 Å². The van der Waals surface area contributed by atoms with E-state index in [1.165, 1.54) is 37.7 Å². The third kappa shape index (κ3) is 1.87. The van der Waals surface area contributed by atoms with Gasteiger partial charge in [-0.25, -0.2) is 0 Å². The first-order valence-corrected chi connectivity index (χ1v) is 6.66. The van der Waals surface area contributed by atoms with Gasteiger partial charge in [0.15, 0.2) is 0 Å². The molecular formula is C14H18ClN. The molecule has 2 saturated carbocycles. The van der Waals surface area contributed by atoms with E-state index in [0.29, 0.717) is 5.41 Å². The number of hydrogen-bond acceptors (Lipinski definition) is 1. The van der Waals surface area contributed by atoms with Gasteiger partial charge in [-0.05, 0) is 37.3 Å². The Morgan fingerprint density at radius 2 is 2.00 bits per heavy atom. The van der Waals surface area contributed by atoms with Crippen LogP contribution >= 0.6 is 11.6 Å². The van der Waals surface area contributed by atoms with Crippen LogP contribution < -0.4 is 5.32 Å². The van der Waals surface area contributed by atoms with Gasteiger partial charge >= 0.3 is 0 Å². The van der Waals surface area contributed by atoms with Crippen molar-refractivity contribution < 1.29 is 0 Å². The van der Waals surface area contributed by atoms with Crippen LogP contribution in [0.2, 0.25) is 5.02 Å². The standard InChI is InChI=1S/C14H18ClN/c15-13-5-2-1-4-12(13)14(8-3-9-14)10-16-11-6-7-11/h1-2,4-5,11,16H,3,6-10H2. The van der Waals surface area contributed by atoms with Gasteiger partial charge in [-0.1, -0.05) is 36.2 Å². The van der Waals surface area contributed by atoms with Gasteiger partial charge in [0, 0.05) is 23.0 Å². The second kappa shape index (κ2) is 4.05. The number of rotatable bonds is 4. The maximum absolute atomic E-state index is 6.32. The average Bonchev–Trinajstić information content (AvgIpc) is 3.02. The zero-order valence-corrected chi connectivity index (χ0v) is 10.3. The predicted octanol–water partition coefficient (Wildman–Crippen LogP) is 3.51. The summed E-state index contributed by atoms with van der Waals surface area (Å²) in [6.45, 7) is 1.11. The monoisotopic (exact) mass is 235 g/mol. The molecule has 2 fully saturated rings. The van der Waals surface area contributed by atoms with Crippen molar-refractivity contribution in [1.82, 2.24) is 5.32 Å². The first-order chi connectivity index (χ1) is 7.80. The Bertz CT molecular complexity index is 380. The maximum atomic E-state index is 6.32. The molecule has 16 heavy (non-hydrogen) atoms. The zero-order chi connectivity index (χ0) is 11.0. The molecule has 1 nitrogen and oxygen atoms in total. The van der Waals surface area contributed by atoms with Crippen LogP contribution in [0.3, 0.4) is 0 Å². The van der Waals surface area contributed by atoms with Gasteiger partial charge in [0.05, 0.1) is 0 Å². The second-order valence-electron chi connectivity index (χ2n) is 5.27. The van der Waals surface area contributed by atoms with Crippen LogP contribution in [0.5, 0.6) is 0 Å². The summed E-state index contributed by atoms with van der Waals surface area (Å²) in [6, 6.07) is 9.15. The van der Waals surface area contributed by atoms with Crippen molar-refractivity contribution >= 4 is 11.6 Å².